The van der Waals surface area contributed by atoms with Crippen LogP contribution in [0.1, 0.15) is 56.5 Å². The molecule has 2 aromatic carbocycles. The summed E-state index contributed by atoms with van der Waals surface area (Å²) in [5.41, 5.74) is 5.56. The van der Waals surface area contributed by atoms with E-state index in [1.165, 1.54) is 0 Å². The van der Waals surface area contributed by atoms with Gasteiger partial charge in [-0.15, -0.1) is 0 Å². The number of Topliss-reactive ketones (excluding diaryl/α,β-unsaturated/α-hetero) is 2. The number of hydrogen-bond donors (Lipinski definition) is 0. The summed E-state index contributed by atoms with van der Waals surface area (Å²) in [5, 5.41) is 0. The summed E-state index contributed by atoms with van der Waals surface area (Å²) in [6.45, 7) is 0. The summed E-state index contributed by atoms with van der Waals surface area (Å²) < 4.78 is 0. The SMILES string of the molecule is O=C1C2=C3[C@H](C(=O)c4ccccc4[C@H]3CC2)c2ccccc21. The molecule has 0 saturated heterocycles. The number of rotatable bonds is 0. The van der Waals surface area contributed by atoms with Crippen LogP contribution >= 0.6 is 0 Å². The van der Waals surface area contributed by atoms with E-state index in [1.807, 2.05) is 42.5 Å². The molecule has 0 saturated carbocycles. The van der Waals surface area contributed by atoms with Crippen LogP contribution in [0.5, 0.6) is 0 Å². The first kappa shape index (κ1) is 12.1. The van der Waals surface area contributed by atoms with Gasteiger partial charge >= 0.3 is 0 Å². The summed E-state index contributed by atoms with van der Waals surface area (Å²) >= 11 is 0. The lowest BCUT2D eigenvalue weighted by atomic mass is 9.67. The Labute approximate surface area is 128 Å². The molecule has 2 aromatic rings. The van der Waals surface area contributed by atoms with E-state index in [4.69, 9.17) is 0 Å². The zero-order chi connectivity index (χ0) is 14.8. The average molecular weight is 286 g/mol. The Morgan fingerprint density at radius 2 is 1.50 bits per heavy atom. The second-order valence-electron chi connectivity index (χ2n) is 6.33. The summed E-state index contributed by atoms with van der Waals surface area (Å²) in [4.78, 5) is 25.9. The molecule has 0 unspecified atom stereocenters. The van der Waals surface area contributed by atoms with Gasteiger partial charge in [-0.25, -0.2) is 0 Å². The van der Waals surface area contributed by atoms with E-state index in [2.05, 4.69) is 6.07 Å². The summed E-state index contributed by atoms with van der Waals surface area (Å²) in [6.07, 6.45) is 1.75. The number of allylic oxidation sites excluding steroid dienone is 2. The Balaban J connectivity index is 1.86. The largest absolute Gasteiger partial charge is 0.293 e. The van der Waals surface area contributed by atoms with Gasteiger partial charge in [0.1, 0.15) is 0 Å². The highest BCUT2D eigenvalue weighted by Crippen LogP contribution is 2.55. The second-order valence-corrected chi connectivity index (χ2v) is 6.33. The fourth-order valence-corrected chi connectivity index (χ4v) is 4.49. The van der Waals surface area contributed by atoms with Crippen LogP contribution in [0.2, 0.25) is 0 Å². The third kappa shape index (κ3) is 1.31. The van der Waals surface area contributed by atoms with Crippen molar-refractivity contribution in [2.24, 2.45) is 0 Å². The molecule has 0 aliphatic heterocycles. The molecule has 22 heavy (non-hydrogen) atoms. The average Bonchev–Trinajstić information content (AvgIpc) is 3.00. The highest BCUT2D eigenvalue weighted by molar-refractivity contribution is 6.18. The van der Waals surface area contributed by atoms with Gasteiger partial charge in [-0.1, -0.05) is 48.5 Å². The van der Waals surface area contributed by atoms with Gasteiger partial charge in [0.05, 0.1) is 5.92 Å². The third-order valence-corrected chi connectivity index (χ3v) is 5.37. The maximum Gasteiger partial charge on any atom is 0.189 e. The molecule has 0 heterocycles. The number of carbonyl (C=O) groups is 2. The quantitative estimate of drug-likeness (QED) is 0.732. The van der Waals surface area contributed by atoms with Crippen LogP contribution in [0.4, 0.5) is 0 Å². The van der Waals surface area contributed by atoms with Gasteiger partial charge in [-0.3, -0.25) is 9.59 Å². The van der Waals surface area contributed by atoms with Crippen molar-refractivity contribution in [1.29, 1.82) is 0 Å². The van der Waals surface area contributed by atoms with Gasteiger partial charge in [0, 0.05) is 22.6 Å². The molecule has 2 nitrogen and oxygen atoms in total. The maximum absolute atomic E-state index is 13.1. The summed E-state index contributed by atoms with van der Waals surface area (Å²) in [5.74, 6) is 0.287. The Bertz CT molecular complexity index is 888. The van der Waals surface area contributed by atoms with Crippen molar-refractivity contribution in [2.75, 3.05) is 0 Å². The van der Waals surface area contributed by atoms with Crippen LogP contribution in [0.25, 0.3) is 0 Å². The topological polar surface area (TPSA) is 34.1 Å². The molecule has 2 atom stereocenters. The molecule has 0 amide bonds. The van der Waals surface area contributed by atoms with Gasteiger partial charge in [0.15, 0.2) is 11.6 Å². The lowest BCUT2D eigenvalue weighted by Gasteiger charge is -2.34. The monoisotopic (exact) mass is 286 g/mol. The van der Waals surface area contributed by atoms with E-state index in [-0.39, 0.29) is 23.4 Å². The Morgan fingerprint density at radius 1 is 0.818 bits per heavy atom. The minimum atomic E-state index is -0.244. The van der Waals surface area contributed by atoms with Gasteiger partial charge in [0.25, 0.3) is 0 Å². The highest BCUT2D eigenvalue weighted by Gasteiger charge is 2.47. The van der Waals surface area contributed by atoms with E-state index < -0.39 is 0 Å². The fourth-order valence-electron chi connectivity index (χ4n) is 4.49. The maximum atomic E-state index is 13.1. The lowest BCUT2D eigenvalue weighted by Crippen LogP contribution is -2.30. The Morgan fingerprint density at radius 3 is 2.32 bits per heavy atom. The molecule has 106 valence electrons. The van der Waals surface area contributed by atoms with E-state index in [0.717, 1.165) is 46.2 Å². The van der Waals surface area contributed by atoms with Crippen LogP contribution in [0, 0.1) is 0 Å². The van der Waals surface area contributed by atoms with Crippen molar-refractivity contribution in [3.05, 3.63) is 81.9 Å². The third-order valence-electron chi connectivity index (χ3n) is 5.37. The van der Waals surface area contributed by atoms with Gasteiger partial charge in [-0.05, 0) is 29.5 Å². The van der Waals surface area contributed by atoms with Gasteiger partial charge in [-0.2, -0.15) is 0 Å². The van der Waals surface area contributed by atoms with Crippen molar-refractivity contribution < 1.29 is 9.59 Å². The fraction of sp³-hybridized carbons (Fsp3) is 0.200. The first-order valence-electron chi connectivity index (χ1n) is 7.77. The molecule has 3 aliphatic carbocycles. The predicted molar refractivity (Wildman–Crippen MR) is 83.3 cm³/mol. The van der Waals surface area contributed by atoms with Crippen molar-refractivity contribution in [2.45, 2.75) is 24.7 Å². The Hall–Kier alpha value is -2.48. The number of benzene rings is 2. The molecular formula is C20H14O2. The minimum Gasteiger partial charge on any atom is -0.293 e. The molecule has 0 radical (unpaired) electrons. The molecule has 0 aromatic heterocycles. The first-order chi connectivity index (χ1) is 10.8. The van der Waals surface area contributed by atoms with Crippen LogP contribution in [-0.2, 0) is 0 Å². The highest BCUT2D eigenvalue weighted by atomic mass is 16.1. The molecule has 0 fully saturated rings. The van der Waals surface area contributed by atoms with Crippen molar-refractivity contribution in [1.82, 2.24) is 0 Å². The number of ketones is 2. The van der Waals surface area contributed by atoms with Crippen LogP contribution in [0.15, 0.2) is 59.7 Å². The number of carbonyl (C=O) groups excluding carboxylic acids is 2. The number of hydrogen-bond acceptors (Lipinski definition) is 2. The van der Waals surface area contributed by atoms with Crippen LogP contribution in [-0.4, -0.2) is 11.6 Å². The van der Waals surface area contributed by atoms with Gasteiger partial charge < -0.3 is 0 Å². The van der Waals surface area contributed by atoms with Crippen LogP contribution in [0.3, 0.4) is 0 Å². The molecule has 2 heteroatoms. The standard InChI is InChI=1S/C20H14O2/c21-19-15-8-4-2-6-12(15)18-17-13(9-10-16(17)19)11-5-1-3-7-14(11)20(18)22/h1-8,13,18H,9-10H2/t13-,18-/m1/s1. The second kappa shape index (κ2) is 4.04. The zero-order valence-corrected chi connectivity index (χ0v) is 12.0. The molecule has 5 rings (SSSR count). The van der Waals surface area contributed by atoms with E-state index in [1.54, 1.807) is 0 Å². The molecular weight excluding hydrogens is 272 g/mol. The van der Waals surface area contributed by atoms with Crippen molar-refractivity contribution in [3.63, 3.8) is 0 Å². The molecule has 0 N–H and O–H groups in total. The zero-order valence-electron chi connectivity index (χ0n) is 12.0. The summed E-state index contributed by atoms with van der Waals surface area (Å²) in [6, 6.07) is 15.5. The predicted octanol–water partition coefficient (Wildman–Crippen LogP) is 4.04. The molecule has 0 bridgehead atoms. The smallest absolute Gasteiger partial charge is 0.189 e. The minimum absolute atomic E-state index is 0.136. The molecule has 0 spiro atoms. The van der Waals surface area contributed by atoms with E-state index >= 15 is 0 Å². The number of fused-ring (bicyclic) bond motifs is 4. The first-order valence-corrected chi connectivity index (χ1v) is 7.77. The van der Waals surface area contributed by atoms with Crippen molar-refractivity contribution in [3.8, 4) is 0 Å². The lowest BCUT2D eigenvalue weighted by molar-refractivity contribution is 0.0957. The van der Waals surface area contributed by atoms with E-state index in [0.29, 0.717) is 0 Å². The van der Waals surface area contributed by atoms with Crippen LogP contribution < -0.4 is 0 Å². The summed E-state index contributed by atoms with van der Waals surface area (Å²) in [7, 11) is 0. The normalized spacial score (nSPS) is 24.9. The van der Waals surface area contributed by atoms with E-state index in [9.17, 15) is 9.59 Å². The Kier molecular flexibility index (Phi) is 2.22. The molecule has 3 aliphatic rings. The van der Waals surface area contributed by atoms with Crippen molar-refractivity contribution >= 4 is 11.6 Å². The van der Waals surface area contributed by atoms with Gasteiger partial charge in [0.2, 0.25) is 0 Å².